The van der Waals surface area contributed by atoms with E-state index in [-0.39, 0.29) is 18.9 Å². The lowest BCUT2D eigenvalue weighted by Gasteiger charge is -2.46. The first-order valence-corrected chi connectivity index (χ1v) is 25.5. The van der Waals surface area contributed by atoms with Gasteiger partial charge in [0.05, 0.1) is 32.0 Å². The molecule has 1 amide bonds. The molecule has 0 aromatic heterocycles. The van der Waals surface area contributed by atoms with Crippen molar-refractivity contribution in [3.05, 3.63) is 97.2 Å². The fraction of sp³-hybridized carbons (Fsp3) is 0.685. The molecule has 9 N–H and O–H groups in total. The molecule has 2 aliphatic heterocycles. The Morgan fingerprint density at radius 2 is 1.03 bits per heavy atom. The molecular formula is C54H89NO13. The van der Waals surface area contributed by atoms with E-state index in [4.69, 9.17) is 18.9 Å². The summed E-state index contributed by atoms with van der Waals surface area (Å²) in [7, 11) is 0. The molecule has 0 aromatic rings. The van der Waals surface area contributed by atoms with Gasteiger partial charge in [0, 0.05) is 6.42 Å². The average Bonchev–Trinajstić information content (AvgIpc) is 3.34. The fourth-order valence-corrected chi connectivity index (χ4v) is 7.62. The van der Waals surface area contributed by atoms with E-state index >= 15 is 0 Å². The summed E-state index contributed by atoms with van der Waals surface area (Å²) >= 11 is 0. The third-order valence-electron chi connectivity index (χ3n) is 11.8. The third-order valence-corrected chi connectivity index (χ3v) is 11.8. The second kappa shape index (κ2) is 39.6. The maximum Gasteiger partial charge on any atom is 0.224 e. The molecule has 0 aromatic carbocycles. The van der Waals surface area contributed by atoms with Gasteiger partial charge in [-0.1, -0.05) is 162 Å². The van der Waals surface area contributed by atoms with Gasteiger partial charge in [0.1, 0.15) is 48.8 Å². The highest BCUT2D eigenvalue weighted by atomic mass is 16.7. The van der Waals surface area contributed by atoms with Crippen LogP contribution in [0.2, 0.25) is 0 Å². The second-order valence-electron chi connectivity index (χ2n) is 17.6. The van der Waals surface area contributed by atoms with Crippen LogP contribution < -0.4 is 5.32 Å². The number of hydrogen-bond donors (Lipinski definition) is 9. The maximum atomic E-state index is 13.1. The van der Waals surface area contributed by atoms with Crippen LogP contribution >= 0.6 is 0 Å². The number of carbonyl (C=O) groups is 1. The van der Waals surface area contributed by atoms with E-state index in [1.165, 1.54) is 57.8 Å². The van der Waals surface area contributed by atoms with Gasteiger partial charge in [-0.05, 0) is 70.6 Å². The van der Waals surface area contributed by atoms with Gasteiger partial charge in [-0.2, -0.15) is 0 Å². The van der Waals surface area contributed by atoms with Crippen LogP contribution in [-0.4, -0.2) is 140 Å². The molecule has 2 rings (SSSR count). The molecule has 12 unspecified atom stereocenters. The molecule has 0 spiro atoms. The van der Waals surface area contributed by atoms with Crippen LogP contribution in [0.5, 0.6) is 0 Å². The van der Waals surface area contributed by atoms with Crippen LogP contribution in [0, 0.1) is 0 Å². The monoisotopic (exact) mass is 960 g/mol. The van der Waals surface area contributed by atoms with Gasteiger partial charge in [0.15, 0.2) is 12.6 Å². The first-order valence-electron chi connectivity index (χ1n) is 25.5. The predicted octanol–water partition coefficient (Wildman–Crippen LogP) is 6.76. The number of aliphatic hydroxyl groups excluding tert-OH is 8. The van der Waals surface area contributed by atoms with E-state index in [1.807, 2.05) is 18.2 Å². The molecule has 14 nitrogen and oxygen atoms in total. The Morgan fingerprint density at radius 3 is 1.59 bits per heavy atom. The lowest BCUT2D eigenvalue weighted by atomic mass is 9.97. The van der Waals surface area contributed by atoms with Gasteiger partial charge >= 0.3 is 0 Å². The van der Waals surface area contributed by atoms with E-state index in [9.17, 15) is 45.6 Å². The van der Waals surface area contributed by atoms with Crippen LogP contribution in [0.25, 0.3) is 0 Å². The highest BCUT2D eigenvalue weighted by Crippen LogP contribution is 2.30. The molecule has 2 saturated heterocycles. The summed E-state index contributed by atoms with van der Waals surface area (Å²) in [5, 5.41) is 86.6. The minimum absolute atomic E-state index is 0.0323. The molecule has 0 saturated carbocycles. The van der Waals surface area contributed by atoms with Crippen molar-refractivity contribution in [2.24, 2.45) is 0 Å². The maximum absolute atomic E-state index is 13.1. The molecule has 2 aliphatic rings. The third kappa shape index (κ3) is 26.2. The summed E-state index contributed by atoms with van der Waals surface area (Å²) in [6, 6.07) is -0.997. The summed E-state index contributed by atoms with van der Waals surface area (Å²) in [6.45, 7) is 2.55. The summed E-state index contributed by atoms with van der Waals surface area (Å²) in [5.41, 5.74) is 0. The van der Waals surface area contributed by atoms with Crippen LogP contribution in [0.3, 0.4) is 0 Å². The van der Waals surface area contributed by atoms with E-state index in [2.05, 4.69) is 86.0 Å². The molecule has 0 radical (unpaired) electrons. The fourth-order valence-electron chi connectivity index (χ4n) is 7.62. The smallest absolute Gasteiger partial charge is 0.224 e. The topological polar surface area (TPSA) is 228 Å². The van der Waals surface area contributed by atoms with Crippen molar-refractivity contribution in [1.29, 1.82) is 0 Å². The number of allylic oxidation sites excluding steroid dienone is 14. The van der Waals surface area contributed by atoms with Crippen LogP contribution in [0.4, 0.5) is 0 Å². The number of amides is 1. The van der Waals surface area contributed by atoms with Gasteiger partial charge in [-0.15, -0.1) is 0 Å². The first kappa shape index (κ1) is 61.0. The molecule has 0 aliphatic carbocycles. The van der Waals surface area contributed by atoms with Crippen molar-refractivity contribution >= 4 is 5.91 Å². The number of carbonyl (C=O) groups excluding carboxylic acids is 1. The Kier molecular flexibility index (Phi) is 35.6. The predicted molar refractivity (Wildman–Crippen MR) is 267 cm³/mol. The molecule has 0 bridgehead atoms. The van der Waals surface area contributed by atoms with E-state index in [0.29, 0.717) is 12.8 Å². The number of unbranched alkanes of at least 4 members (excludes halogenated alkanes) is 11. The summed E-state index contributed by atoms with van der Waals surface area (Å²) < 4.78 is 22.6. The zero-order valence-electron chi connectivity index (χ0n) is 41.0. The molecule has 2 fully saturated rings. The average molecular weight is 960 g/mol. The minimum Gasteiger partial charge on any atom is -0.394 e. The SMILES string of the molecule is CC/C=C\C/C=C\C/C=C\C/C=C\C/C=C\CC(=O)NC(COC1OC(CO)C(OC2OC(CO)C(O)C(O)C2O)C(O)C1O)C(O)/C=C/CC/C=C/CC/C=C/CCCCCCCCCCC. The van der Waals surface area contributed by atoms with Crippen molar-refractivity contribution in [2.75, 3.05) is 19.8 Å². The number of rotatable bonds is 37. The molecule has 12 atom stereocenters. The van der Waals surface area contributed by atoms with E-state index in [1.54, 1.807) is 12.2 Å². The Hall–Kier alpha value is -3.09. The van der Waals surface area contributed by atoms with Crippen LogP contribution in [0.15, 0.2) is 97.2 Å². The molecular weight excluding hydrogens is 871 g/mol. The van der Waals surface area contributed by atoms with Gasteiger partial charge in [-0.3, -0.25) is 4.79 Å². The largest absolute Gasteiger partial charge is 0.394 e. The Balaban J connectivity index is 1.92. The molecule has 2 heterocycles. The second-order valence-corrected chi connectivity index (χ2v) is 17.6. The zero-order valence-corrected chi connectivity index (χ0v) is 41.0. The van der Waals surface area contributed by atoms with Gasteiger partial charge in [0.2, 0.25) is 5.91 Å². The standard InChI is InChI=1S/C54H89NO13/c1-3-5-7-9-11-13-15-17-19-20-21-22-24-25-27-29-31-33-35-37-43(58)42(55-46(59)38-36-34-32-30-28-26-23-18-16-14-12-10-8-6-4-2)41-65-53-51(64)49(62)52(45(40-57)67-53)68-54-50(63)48(61)47(60)44(39-56)66-54/h6,8,12,14,18,21-23,27-30,34-37,42-45,47-54,56-58,60-64H,3-5,7,9-11,13,15-17,19-20,24-26,31-33,38-41H2,1-2H3,(H,55,59)/b8-6-,14-12-,22-21+,23-18-,29-27+,30-28-,36-34-,37-35+. The van der Waals surface area contributed by atoms with Crippen molar-refractivity contribution in [3.63, 3.8) is 0 Å². The van der Waals surface area contributed by atoms with Crippen LogP contribution in [0.1, 0.15) is 142 Å². The normalized spacial score (nSPS) is 27.2. The quantitative estimate of drug-likeness (QED) is 0.0232. The van der Waals surface area contributed by atoms with Crippen LogP contribution in [-0.2, 0) is 23.7 Å². The van der Waals surface area contributed by atoms with Gasteiger partial charge in [-0.25, -0.2) is 0 Å². The van der Waals surface area contributed by atoms with Gasteiger partial charge in [0.25, 0.3) is 0 Å². The van der Waals surface area contributed by atoms with Crippen molar-refractivity contribution in [2.45, 2.75) is 216 Å². The number of aliphatic hydroxyl groups is 8. The van der Waals surface area contributed by atoms with Crippen molar-refractivity contribution in [1.82, 2.24) is 5.32 Å². The Bertz CT molecular complexity index is 1510. The highest BCUT2D eigenvalue weighted by molar-refractivity contribution is 5.77. The summed E-state index contributed by atoms with van der Waals surface area (Å²) in [5.74, 6) is -0.385. The molecule has 388 valence electrons. The summed E-state index contributed by atoms with van der Waals surface area (Å²) in [4.78, 5) is 13.1. The zero-order chi connectivity index (χ0) is 49.6. The number of hydrogen-bond acceptors (Lipinski definition) is 13. The van der Waals surface area contributed by atoms with Gasteiger partial charge < -0.3 is 65.1 Å². The Labute approximate surface area is 407 Å². The minimum atomic E-state index is -1.80. The number of ether oxygens (including phenoxy) is 4. The highest BCUT2D eigenvalue weighted by Gasteiger charge is 2.51. The van der Waals surface area contributed by atoms with Crippen molar-refractivity contribution < 1.29 is 64.6 Å². The number of nitrogens with one attached hydrogen (secondary N) is 1. The lowest BCUT2D eigenvalue weighted by molar-refractivity contribution is -0.359. The van der Waals surface area contributed by atoms with E-state index < -0.39 is 86.8 Å². The lowest BCUT2D eigenvalue weighted by Crippen LogP contribution is -2.65. The molecule has 68 heavy (non-hydrogen) atoms. The molecule has 14 heteroatoms. The Morgan fingerprint density at radius 1 is 0.544 bits per heavy atom. The first-order chi connectivity index (χ1) is 33.1. The van der Waals surface area contributed by atoms with E-state index in [0.717, 1.165) is 51.4 Å². The summed E-state index contributed by atoms with van der Waals surface area (Å²) in [6.07, 6.45) is 36.2. The van der Waals surface area contributed by atoms with Crippen molar-refractivity contribution in [3.8, 4) is 0 Å².